The molecular formula is C16H17N3. The third-order valence-corrected chi connectivity index (χ3v) is 3.46. The van der Waals surface area contributed by atoms with Crippen molar-refractivity contribution < 1.29 is 0 Å². The van der Waals surface area contributed by atoms with Gasteiger partial charge in [-0.05, 0) is 29.7 Å². The van der Waals surface area contributed by atoms with Gasteiger partial charge >= 0.3 is 0 Å². The number of aryl methyl sites for hydroxylation is 1. The van der Waals surface area contributed by atoms with Gasteiger partial charge in [0.15, 0.2) is 0 Å². The minimum atomic E-state index is 0.565. The lowest BCUT2D eigenvalue weighted by atomic mass is 10.0. The largest absolute Gasteiger partial charge is 0.342 e. The van der Waals surface area contributed by atoms with E-state index in [0.29, 0.717) is 6.54 Å². The fourth-order valence-electron chi connectivity index (χ4n) is 2.42. The molecule has 96 valence electrons. The predicted octanol–water partition coefficient (Wildman–Crippen LogP) is 2.92. The van der Waals surface area contributed by atoms with Crippen molar-refractivity contribution in [1.82, 2.24) is 9.97 Å². The van der Waals surface area contributed by atoms with Crippen LogP contribution in [0.1, 0.15) is 22.5 Å². The maximum absolute atomic E-state index is 5.77. The highest BCUT2D eigenvalue weighted by molar-refractivity contribution is 5.78. The third kappa shape index (κ3) is 2.25. The highest BCUT2D eigenvalue weighted by Crippen LogP contribution is 2.18. The van der Waals surface area contributed by atoms with Gasteiger partial charge < -0.3 is 10.7 Å². The smallest absolute Gasteiger partial charge is 0.111 e. The van der Waals surface area contributed by atoms with Crippen LogP contribution in [-0.4, -0.2) is 9.97 Å². The first kappa shape index (κ1) is 11.9. The molecular weight excluding hydrogens is 234 g/mol. The summed E-state index contributed by atoms with van der Waals surface area (Å²) >= 11 is 0. The number of hydrogen-bond acceptors (Lipinski definition) is 2. The zero-order valence-electron chi connectivity index (χ0n) is 11.0. The number of fused-ring (bicyclic) bond motifs is 1. The van der Waals surface area contributed by atoms with Gasteiger partial charge in [0.05, 0.1) is 11.0 Å². The van der Waals surface area contributed by atoms with Crippen molar-refractivity contribution in [3.05, 3.63) is 65.0 Å². The van der Waals surface area contributed by atoms with Crippen molar-refractivity contribution in [3.63, 3.8) is 0 Å². The van der Waals surface area contributed by atoms with Crippen LogP contribution in [0.2, 0.25) is 0 Å². The number of H-pyrrole nitrogens is 1. The molecule has 0 spiro atoms. The van der Waals surface area contributed by atoms with Gasteiger partial charge in [-0.2, -0.15) is 0 Å². The number of hydrogen-bond donors (Lipinski definition) is 2. The Kier molecular flexibility index (Phi) is 3.05. The zero-order valence-corrected chi connectivity index (χ0v) is 11.0. The van der Waals surface area contributed by atoms with Crippen LogP contribution < -0.4 is 5.73 Å². The van der Waals surface area contributed by atoms with Crippen LogP contribution in [0.25, 0.3) is 11.0 Å². The van der Waals surface area contributed by atoms with Crippen molar-refractivity contribution in [1.29, 1.82) is 0 Å². The molecule has 0 saturated carbocycles. The predicted molar refractivity (Wildman–Crippen MR) is 78.0 cm³/mol. The first-order valence-electron chi connectivity index (χ1n) is 6.49. The van der Waals surface area contributed by atoms with Crippen LogP contribution in [0.4, 0.5) is 0 Å². The van der Waals surface area contributed by atoms with E-state index in [1.807, 2.05) is 18.2 Å². The first-order chi connectivity index (χ1) is 9.28. The molecule has 0 aliphatic rings. The van der Waals surface area contributed by atoms with Crippen molar-refractivity contribution >= 4 is 11.0 Å². The van der Waals surface area contributed by atoms with E-state index in [1.165, 1.54) is 16.7 Å². The molecule has 3 aromatic rings. The number of nitrogens with zero attached hydrogens (tertiary/aromatic N) is 1. The van der Waals surface area contributed by atoms with Crippen LogP contribution in [-0.2, 0) is 13.0 Å². The molecule has 2 aromatic carbocycles. The van der Waals surface area contributed by atoms with Crippen LogP contribution in [0, 0.1) is 6.92 Å². The van der Waals surface area contributed by atoms with Gasteiger partial charge in [0, 0.05) is 13.0 Å². The fourth-order valence-corrected chi connectivity index (χ4v) is 2.42. The molecule has 0 atom stereocenters. The normalized spacial score (nSPS) is 11.1. The SMILES string of the molecule is Cc1cccc2[nH]c(Cc3ccccc3CN)nc12. The van der Waals surface area contributed by atoms with E-state index >= 15 is 0 Å². The Balaban J connectivity index is 1.99. The Bertz CT molecular complexity index is 713. The minimum absolute atomic E-state index is 0.565. The molecule has 19 heavy (non-hydrogen) atoms. The van der Waals surface area contributed by atoms with E-state index in [2.05, 4.69) is 41.2 Å². The van der Waals surface area contributed by atoms with Crippen molar-refractivity contribution in [2.45, 2.75) is 19.9 Å². The summed E-state index contributed by atoms with van der Waals surface area (Å²) in [5.74, 6) is 0.991. The van der Waals surface area contributed by atoms with Crippen LogP contribution in [0.15, 0.2) is 42.5 Å². The summed E-state index contributed by atoms with van der Waals surface area (Å²) in [6, 6.07) is 14.4. The highest BCUT2D eigenvalue weighted by Gasteiger charge is 2.07. The van der Waals surface area contributed by atoms with Gasteiger partial charge in [0.1, 0.15) is 5.82 Å². The molecule has 0 unspecified atom stereocenters. The second-order valence-corrected chi connectivity index (χ2v) is 4.80. The maximum atomic E-state index is 5.77. The number of benzene rings is 2. The highest BCUT2D eigenvalue weighted by atomic mass is 14.9. The second-order valence-electron chi connectivity index (χ2n) is 4.80. The molecule has 0 aliphatic carbocycles. The van der Waals surface area contributed by atoms with Gasteiger partial charge in [-0.1, -0.05) is 36.4 Å². The molecule has 0 fully saturated rings. The van der Waals surface area contributed by atoms with E-state index in [0.717, 1.165) is 23.3 Å². The molecule has 3 rings (SSSR count). The molecule has 0 bridgehead atoms. The van der Waals surface area contributed by atoms with Gasteiger partial charge in [0.25, 0.3) is 0 Å². The quantitative estimate of drug-likeness (QED) is 0.752. The van der Waals surface area contributed by atoms with E-state index in [-0.39, 0.29) is 0 Å². The summed E-state index contributed by atoms with van der Waals surface area (Å²) in [5.41, 5.74) is 11.5. The molecule has 0 radical (unpaired) electrons. The third-order valence-electron chi connectivity index (χ3n) is 3.46. The Hall–Kier alpha value is -2.13. The Morgan fingerprint density at radius 3 is 2.58 bits per heavy atom. The van der Waals surface area contributed by atoms with Gasteiger partial charge in [-0.15, -0.1) is 0 Å². The number of nitrogens with one attached hydrogen (secondary N) is 1. The summed E-state index contributed by atoms with van der Waals surface area (Å²) in [5, 5.41) is 0. The number of para-hydroxylation sites is 1. The van der Waals surface area contributed by atoms with Crippen molar-refractivity contribution in [2.75, 3.05) is 0 Å². The van der Waals surface area contributed by atoms with Crippen LogP contribution >= 0.6 is 0 Å². The summed E-state index contributed by atoms with van der Waals surface area (Å²) in [6.07, 6.45) is 0.793. The van der Waals surface area contributed by atoms with E-state index in [4.69, 9.17) is 5.73 Å². The first-order valence-corrected chi connectivity index (χ1v) is 6.49. The van der Waals surface area contributed by atoms with Crippen LogP contribution in [0.3, 0.4) is 0 Å². The molecule has 3 heteroatoms. The molecule has 0 saturated heterocycles. The molecule has 1 aromatic heterocycles. The number of rotatable bonds is 3. The number of imidazole rings is 1. The van der Waals surface area contributed by atoms with Crippen molar-refractivity contribution in [2.24, 2.45) is 5.73 Å². The van der Waals surface area contributed by atoms with Gasteiger partial charge in [0.2, 0.25) is 0 Å². The number of nitrogens with two attached hydrogens (primary N) is 1. The minimum Gasteiger partial charge on any atom is -0.342 e. The summed E-state index contributed by atoms with van der Waals surface area (Å²) in [7, 11) is 0. The summed E-state index contributed by atoms with van der Waals surface area (Å²) in [4.78, 5) is 8.07. The molecule has 3 N–H and O–H groups in total. The number of aromatic amines is 1. The molecule has 3 nitrogen and oxygen atoms in total. The summed E-state index contributed by atoms with van der Waals surface area (Å²) < 4.78 is 0. The lowest BCUT2D eigenvalue weighted by Crippen LogP contribution is -2.02. The van der Waals surface area contributed by atoms with Gasteiger partial charge in [-0.3, -0.25) is 0 Å². The van der Waals surface area contributed by atoms with Crippen molar-refractivity contribution in [3.8, 4) is 0 Å². The Morgan fingerprint density at radius 1 is 1.05 bits per heavy atom. The van der Waals surface area contributed by atoms with E-state index in [9.17, 15) is 0 Å². The fraction of sp³-hybridized carbons (Fsp3) is 0.188. The number of aromatic nitrogens is 2. The molecule has 0 aliphatic heterocycles. The topological polar surface area (TPSA) is 54.7 Å². The lowest BCUT2D eigenvalue weighted by Gasteiger charge is -2.05. The van der Waals surface area contributed by atoms with E-state index in [1.54, 1.807) is 0 Å². The second kappa shape index (κ2) is 4.86. The van der Waals surface area contributed by atoms with E-state index < -0.39 is 0 Å². The average molecular weight is 251 g/mol. The lowest BCUT2D eigenvalue weighted by molar-refractivity contribution is 0.977. The molecule has 0 amide bonds. The summed E-state index contributed by atoms with van der Waals surface area (Å²) in [6.45, 7) is 2.65. The molecule has 1 heterocycles. The Morgan fingerprint density at radius 2 is 1.84 bits per heavy atom. The Labute approximate surface area is 112 Å². The average Bonchev–Trinajstić information content (AvgIpc) is 2.83. The van der Waals surface area contributed by atoms with Gasteiger partial charge in [-0.25, -0.2) is 4.98 Å². The maximum Gasteiger partial charge on any atom is 0.111 e. The standard InChI is InChI=1S/C16H17N3/c1-11-5-4-8-14-16(11)19-15(18-14)9-12-6-2-3-7-13(12)10-17/h2-8H,9-10,17H2,1H3,(H,18,19). The zero-order chi connectivity index (χ0) is 13.2. The van der Waals surface area contributed by atoms with Crippen LogP contribution in [0.5, 0.6) is 0 Å². The monoisotopic (exact) mass is 251 g/mol.